The van der Waals surface area contributed by atoms with Gasteiger partial charge in [0.15, 0.2) is 6.61 Å². The number of esters is 1. The van der Waals surface area contributed by atoms with Crippen molar-refractivity contribution in [3.05, 3.63) is 71.3 Å². The molecule has 4 heteroatoms. The lowest BCUT2D eigenvalue weighted by molar-refractivity contribution is -0.142. The molecule has 1 heterocycles. The maximum Gasteiger partial charge on any atom is 0.331 e. The molecule has 0 spiro atoms. The Balaban J connectivity index is 1.57. The summed E-state index contributed by atoms with van der Waals surface area (Å²) in [5.74, 6) is -0.704. The first kappa shape index (κ1) is 17.0. The van der Waals surface area contributed by atoms with E-state index in [0.29, 0.717) is 6.54 Å². The summed E-state index contributed by atoms with van der Waals surface area (Å²) < 4.78 is 5.11. The van der Waals surface area contributed by atoms with Gasteiger partial charge in [0.1, 0.15) is 0 Å². The number of ether oxygens (including phenoxy) is 1. The minimum absolute atomic E-state index is 0.190. The number of aryl methyl sites for hydroxylation is 2. The third-order valence-corrected chi connectivity index (χ3v) is 4.20. The highest BCUT2D eigenvalue weighted by Crippen LogP contribution is 2.26. The average molecular weight is 335 g/mol. The lowest BCUT2D eigenvalue weighted by atomic mass is 10.0. The van der Waals surface area contributed by atoms with E-state index in [1.807, 2.05) is 55.5 Å². The zero-order valence-corrected chi connectivity index (χ0v) is 14.3. The lowest BCUT2D eigenvalue weighted by Crippen LogP contribution is -2.38. The van der Waals surface area contributed by atoms with E-state index >= 15 is 0 Å². The van der Waals surface area contributed by atoms with Gasteiger partial charge in [0.05, 0.1) is 0 Å². The van der Waals surface area contributed by atoms with Crippen molar-refractivity contribution < 1.29 is 14.3 Å². The quantitative estimate of drug-likeness (QED) is 0.634. The summed E-state index contributed by atoms with van der Waals surface area (Å²) in [7, 11) is 0. The molecule has 0 atom stereocenters. The van der Waals surface area contributed by atoms with Crippen molar-refractivity contribution in [1.82, 2.24) is 0 Å². The predicted molar refractivity (Wildman–Crippen MR) is 98.3 cm³/mol. The maximum atomic E-state index is 12.4. The number of hydrogen-bond donors (Lipinski definition) is 0. The predicted octanol–water partition coefficient (Wildman–Crippen LogP) is 3.53. The Morgan fingerprint density at radius 2 is 2.00 bits per heavy atom. The largest absolute Gasteiger partial charge is 0.452 e. The third kappa shape index (κ3) is 4.35. The molecule has 0 aromatic heterocycles. The van der Waals surface area contributed by atoms with Crippen molar-refractivity contribution in [2.24, 2.45) is 0 Å². The highest BCUT2D eigenvalue weighted by Gasteiger charge is 2.22. The number of hydrogen-bond acceptors (Lipinski definition) is 3. The van der Waals surface area contributed by atoms with Gasteiger partial charge in [-0.05, 0) is 43.0 Å². The first-order chi connectivity index (χ1) is 12.1. The summed E-state index contributed by atoms with van der Waals surface area (Å²) in [6.07, 6.45) is 4.94. The van der Waals surface area contributed by atoms with Crippen LogP contribution in [0, 0.1) is 6.92 Å². The lowest BCUT2D eigenvalue weighted by Gasteiger charge is -2.29. The molecule has 0 N–H and O–H groups in total. The number of carbonyl (C=O) groups is 2. The molecule has 1 amide bonds. The molecule has 0 aliphatic carbocycles. The Hall–Kier alpha value is -2.88. The summed E-state index contributed by atoms with van der Waals surface area (Å²) in [5.41, 5.74) is 4.13. The van der Waals surface area contributed by atoms with Crippen LogP contribution in [0.25, 0.3) is 6.08 Å². The van der Waals surface area contributed by atoms with E-state index in [2.05, 4.69) is 0 Å². The molecule has 0 saturated heterocycles. The average Bonchev–Trinajstić information content (AvgIpc) is 2.64. The highest BCUT2D eigenvalue weighted by molar-refractivity contribution is 5.97. The normalized spacial score (nSPS) is 13.6. The zero-order chi connectivity index (χ0) is 17.6. The second-order valence-electron chi connectivity index (χ2n) is 6.13. The molecular formula is C21H21NO3. The zero-order valence-electron chi connectivity index (χ0n) is 14.3. The molecule has 0 saturated carbocycles. The van der Waals surface area contributed by atoms with Crippen LogP contribution in [0.1, 0.15) is 23.1 Å². The Morgan fingerprint density at radius 3 is 2.84 bits per heavy atom. The van der Waals surface area contributed by atoms with Crippen molar-refractivity contribution in [3.8, 4) is 0 Å². The van der Waals surface area contributed by atoms with E-state index in [0.717, 1.165) is 35.2 Å². The molecule has 1 aliphatic heterocycles. The van der Waals surface area contributed by atoms with Gasteiger partial charge in [-0.25, -0.2) is 4.79 Å². The third-order valence-electron chi connectivity index (χ3n) is 4.20. The Kier molecular flexibility index (Phi) is 5.29. The summed E-state index contributed by atoms with van der Waals surface area (Å²) in [4.78, 5) is 26.0. The molecule has 0 fully saturated rings. The molecule has 4 nitrogen and oxygen atoms in total. The number of fused-ring (bicyclic) bond motifs is 1. The molecule has 2 aromatic rings. The van der Waals surface area contributed by atoms with Crippen LogP contribution in [0.4, 0.5) is 5.69 Å². The van der Waals surface area contributed by atoms with Crippen molar-refractivity contribution in [2.75, 3.05) is 18.1 Å². The molecule has 0 unspecified atom stereocenters. The van der Waals surface area contributed by atoms with E-state index in [1.54, 1.807) is 11.0 Å². The number of benzene rings is 2. The number of carbonyl (C=O) groups excluding carboxylic acids is 2. The fourth-order valence-electron chi connectivity index (χ4n) is 2.99. The van der Waals surface area contributed by atoms with Crippen LogP contribution >= 0.6 is 0 Å². The van der Waals surface area contributed by atoms with Crippen LogP contribution in [0.2, 0.25) is 0 Å². The van der Waals surface area contributed by atoms with Gasteiger partial charge in [0.2, 0.25) is 0 Å². The van der Waals surface area contributed by atoms with E-state index in [1.165, 1.54) is 6.08 Å². The van der Waals surface area contributed by atoms with E-state index in [4.69, 9.17) is 4.74 Å². The second kappa shape index (κ2) is 7.79. The summed E-state index contributed by atoms with van der Waals surface area (Å²) in [6.45, 7) is 2.41. The Labute approximate surface area is 147 Å². The topological polar surface area (TPSA) is 46.6 Å². The fourth-order valence-corrected chi connectivity index (χ4v) is 2.99. The Morgan fingerprint density at radius 1 is 1.16 bits per heavy atom. The number of para-hydroxylation sites is 1. The van der Waals surface area contributed by atoms with Crippen LogP contribution in [0.15, 0.2) is 54.6 Å². The van der Waals surface area contributed by atoms with Gasteiger partial charge in [-0.15, -0.1) is 0 Å². The van der Waals surface area contributed by atoms with E-state index < -0.39 is 5.97 Å². The number of anilines is 1. The maximum absolute atomic E-state index is 12.4. The Bertz CT molecular complexity index is 810. The molecule has 2 aromatic carbocycles. The molecule has 0 radical (unpaired) electrons. The number of nitrogens with zero attached hydrogens (tertiary/aromatic N) is 1. The van der Waals surface area contributed by atoms with Crippen LogP contribution < -0.4 is 4.90 Å². The second-order valence-corrected chi connectivity index (χ2v) is 6.13. The number of rotatable bonds is 4. The molecule has 1 aliphatic rings. The number of amides is 1. The van der Waals surface area contributed by atoms with Gasteiger partial charge >= 0.3 is 5.97 Å². The van der Waals surface area contributed by atoms with Gasteiger partial charge in [-0.1, -0.05) is 48.0 Å². The molecular weight excluding hydrogens is 314 g/mol. The van der Waals surface area contributed by atoms with Crippen LogP contribution in [0.3, 0.4) is 0 Å². The fraction of sp³-hybridized carbons (Fsp3) is 0.238. The molecule has 128 valence electrons. The summed E-state index contributed by atoms with van der Waals surface area (Å²) >= 11 is 0. The van der Waals surface area contributed by atoms with Gasteiger partial charge in [-0.2, -0.15) is 0 Å². The monoisotopic (exact) mass is 335 g/mol. The summed E-state index contributed by atoms with van der Waals surface area (Å²) in [6, 6.07) is 15.7. The summed E-state index contributed by atoms with van der Waals surface area (Å²) in [5, 5.41) is 0. The first-order valence-electron chi connectivity index (χ1n) is 8.43. The molecule has 25 heavy (non-hydrogen) atoms. The highest BCUT2D eigenvalue weighted by atomic mass is 16.5. The minimum Gasteiger partial charge on any atom is -0.452 e. The van der Waals surface area contributed by atoms with Crippen molar-refractivity contribution in [3.63, 3.8) is 0 Å². The minimum atomic E-state index is -0.514. The SMILES string of the molecule is Cc1cccc(/C=C/C(=O)OCC(=O)N2CCCc3ccccc32)c1. The first-order valence-corrected chi connectivity index (χ1v) is 8.43. The van der Waals surface area contributed by atoms with E-state index in [9.17, 15) is 9.59 Å². The van der Waals surface area contributed by atoms with Crippen LogP contribution in [-0.2, 0) is 20.7 Å². The van der Waals surface area contributed by atoms with Gasteiger partial charge in [-0.3, -0.25) is 4.79 Å². The van der Waals surface area contributed by atoms with Gasteiger partial charge in [0, 0.05) is 18.3 Å². The van der Waals surface area contributed by atoms with E-state index in [-0.39, 0.29) is 12.5 Å². The molecule has 3 rings (SSSR count). The van der Waals surface area contributed by atoms with Crippen LogP contribution in [0.5, 0.6) is 0 Å². The van der Waals surface area contributed by atoms with Crippen LogP contribution in [-0.4, -0.2) is 25.0 Å². The van der Waals surface area contributed by atoms with Gasteiger partial charge < -0.3 is 9.64 Å². The standard InChI is InChI=1S/C21H21NO3/c1-16-6-4-7-17(14-16)11-12-21(24)25-15-20(23)22-13-5-9-18-8-2-3-10-19(18)22/h2-4,6-8,10-12,14H,5,9,13,15H2,1H3/b12-11+. The molecule has 0 bridgehead atoms. The van der Waals surface area contributed by atoms with Crippen molar-refractivity contribution >= 4 is 23.6 Å². The van der Waals surface area contributed by atoms with Gasteiger partial charge in [0.25, 0.3) is 5.91 Å². The van der Waals surface area contributed by atoms with Crippen molar-refractivity contribution in [1.29, 1.82) is 0 Å². The van der Waals surface area contributed by atoms with Crippen molar-refractivity contribution in [2.45, 2.75) is 19.8 Å². The smallest absolute Gasteiger partial charge is 0.331 e.